The van der Waals surface area contributed by atoms with E-state index >= 15 is 0 Å². The lowest BCUT2D eigenvalue weighted by Crippen LogP contribution is -2.28. The topological polar surface area (TPSA) is 94.3 Å². The van der Waals surface area contributed by atoms with E-state index in [0.29, 0.717) is 11.5 Å². The molecule has 2 aromatic rings. The van der Waals surface area contributed by atoms with Crippen molar-refractivity contribution in [2.24, 2.45) is 0 Å². The molecule has 8 nitrogen and oxygen atoms in total. The third-order valence-corrected chi connectivity index (χ3v) is 2.03. The summed E-state index contributed by atoms with van der Waals surface area (Å²) in [4.78, 5) is 15.2. The van der Waals surface area contributed by atoms with Crippen molar-refractivity contribution in [2.75, 3.05) is 12.4 Å². The fourth-order valence-electron chi connectivity index (χ4n) is 1.23. The summed E-state index contributed by atoms with van der Waals surface area (Å²) >= 11 is 0. The average molecular weight is 222 g/mol. The first kappa shape index (κ1) is 10.3. The number of carbonyl (C=O) groups is 1. The summed E-state index contributed by atoms with van der Waals surface area (Å²) in [6, 6.07) is -0.499. The Kier molecular flexibility index (Phi) is 2.63. The Balaban J connectivity index is 2.27. The molecule has 84 valence electrons. The Morgan fingerprint density at radius 3 is 3.12 bits per heavy atom. The predicted molar refractivity (Wildman–Crippen MR) is 53.7 cm³/mol. The summed E-state index contributed by atoms with van der Waals surface area (Å²) in [5.41, 5.74) is 0.502. The van der Waals surface area contributed by atoms with Gasteiger partial charge >= 0.3 is 5.97 Å². The molecule has 16 heavy (non-hydrogen) atoms. The highest BCUT2D eigenvalue weighted by Crippen LogP contribution is 2.07. The largest absolute Gasteiger partial charge is 0.467 e. The van der Waals surface area contributed by atoms with Crippen LogP contribution in [0, 0.1) is 0 Å². The van der Waals surface area contributed by atoms with Gasteiger partial charge in [0.1, 0.15) is 6.04 Å². The zero-order chi connectivity index (χ0) is 11.5. The Morgan fingerprint density at radius 2 is 2.38 bits per heavy atom. The van der Waals surface area contributed by atoms with Crippen LogP contribution in [0.2, 0.25) is 0 Å². The minimum absolute atomic E-state index is 0.370. The predicted octanol–water partition coefficient (Wildman–Crippen LogP) is -0.507. The maximum absolute atomic E-state index is 11.2. The highest BCUT2D eigenvalue weighted by Gasteiger charge is 2.14. The molecule has 0 fully saturated rings. The van der Waals surface area contributed by atoms with Gasteiger partial charge in [0.15, 0.2) is 11.5 Å². The number of hydrogen-bond acceptors (Lipinski definition) is 7. The number of methoxy groups -OCH3 is 1. The Bertz CT molecular complexity index is 510. The number of rotatable bonds is 3. The summed E-state index contributed by atoms with van der Waals surface area (Å²) in [6.07, 6.45) is 3.05. The highest BCUT2D eigenvalue weighted by molar-refractivity contribution is 5.78. The number of nitrogens with one attached hydrogen (secondary N) is 1. The molecule has 0 saturated carbocycles. The summed E-state index contributed by atoms with van der Waals surface area (Å²) in [5.74, 6) is 0.158. The minimum atomic E-state index is -0.499. The van der Waals surface area contributed by atoms with Crippen molar-refractivity contribution in [3.63, 3.8) is 0 Å². The molecule has 0 radical (unpaired) electrons. The normalized spacial score (nSPS) is 12.4. The fraction of sp³-hybridized carbons (Fsp3) is 0.375. The van der Waals surface area contributed by atoms with Crippen LogP contribution in [0.1, 0.15) is 6.92 Å². The lowest BCUT2D eigenvalue weighted by Gasteiger charge is -2.12. The molecule has 0 spiro atoms. The van der Waals surface area contributed by atoms with Crippen molar-refractivity contribution in [3.05, 3.63) is 12.4 Å². The summed E-state index contributed by atoms with van der Waals surface area (Å²) in [5, 5.41) is 13.9. The molecule has 2 heterocycles. The second-order valence-electron chi connectivity index (χ2n) is 3.13. The van der Waals surface area contributed by atoms with Gasteiger partial charge in [-0.25, -0.2) is 4.79 Å². The van der Waals surface area contributed by atoms with Gasteiger partial charge in [0.05, 0.1) is 19.5 Å². The van der Waals surface area contributed by atoms with Crippen LogP contribution in [0.3, 0.4) is 0 Å². The van der Waals surface area contributed by atoms with Crippen molar-refractivity contribution in [1.29, 1.82) is 0 Å². The van der Waals surface area contributed by atoms with E-state index in [1.54, 1.807) is 6.92 Å². The molecule has 0 saturated heterocycles. The average Bonchev–Trinajstić information content (AvgIpc) is 2.77. The zero-order valence-electron chi connectivity index (χ0n) is 8.78. The number of ether oxygens (including phenoxy) is 1. The van der Waals surface area contributed by atoms with E-state index in [4.69, 9.17) is 0 Å². The monoisotopic (exact) mass is 222 g/mol. The van der Waals surface area contributed by atoms with Crippen molar-refractivity contribution >= 4 is 17.4 Å². The molecule has 0 aliphatic carbocycles. The maximum Gasteiger partial charge on any atom is 0.328 e. The number of hydrogen-bond donors (Lipinski definition) is 1. The third-order valence-electron chi connectivity index (χ3n) is 2.03. The summed E-state index contributed by atoms with van der Waals surface area (Å²) in [7, 11) is 1.33. The van der Waals surface area contributed by atoms with Crippen LogP contribution in [0.15, 0.2) is 12.4 Å². The minimum Gasteiger partial charge on any atom is -0.467 e. The van der Waals surface area contributed by atoms with E-state index < -0.39 is 6.04 Å². The van der Waals surface area contributed by atoms with E-state index in [1.807, 2.05) is 0 Å². The van der Waals surface area contributed by atoms with Gasteiger partial charge < -0.3 is 10.1 Å². The summed E-state index contributed by atoms with van der Waals surface area (Å²) < 4.78 is 6.05. The third kappa shape index (κ3) is 1.76. The first-order valence-corrected chi connectivity index (χ1v) is 4.59. The van der Waals surface area contributed by atoms with Gasteiger partial charge in [0.2, 0.25) is 0 Å². The van der Waals surface area contributed by atoms with Crippen molar-refractivity contribution in [3.8, 4) is 0 Å². The van der Waals surface area contributed by atoms with E-state index in [9.17, 15) is 4.79 Å². The smallest absolute Gasteiger partial charge is 0.328 e. The van der Waals surface area contributed by atoms with E-state index in [0.717, 1.165) is 0 Å². The first-order valence-electron chi connectivity index (χ1n) is 4.59. The van der Waals surface area contributed by atoms with E-state index in [-0.39, 0.29) is 5.97 Å². The van der Waals surface area contributed by atoms with Gasteiger partial charge in [-0.05, 0) is 17.4 Å². The zero-order valence-corrected chi connectivity index (χ0v) is 8.78. The number of aromatic nitrogens is 5. The molecule has 1 atom stereocenters. The highest BCUT2D eigenvalue weighted by atomic mass is 16.5. The van der Waals surface area contributed by atoms with Crippen molar-refractivity contribution in [2.45, 2.75) is 13.0 Å². The van der Waals surface area contributed by atoms with Crippen LogP contribution in [0.25, 0.3) is 5.65 Å². The molecular weight excluding hydrogens is 212 g/mol. The Morgan fingerprint density at radius 1 is 1.56 bits per heavy atom. The van der Waals surface area contributed by atoms with Gasteiger partial charge in [-0.2, -0.15) is 4.52 Å². The molecule has 2 rings (SSSR count). The molecule has 0 aliphatic rings. The SMILES string of the molecule is COC(=O)C(C)Nc1cncc2nnnn12. The van der Waals surface area contributed by atoms with Crippen LogP contribution >= 0.6 is 0 Å². The summed E-state index contributed by atoms with van der Waals surface area (Å²) in [6.45, 7) is 1.68. The van der Waals surface area contributed by atoms with Crippen LogP contribution in [0.4, 0.5) is 5.82 Å². The molecule has 1 unspecified atom stereocenters. The fourth-order valence-corrected chi connectivity index (χ4v) is 1.23. The molecular formula is C8H10N6O2. The number of anilines is 1. The molecule has 2 aromatic heterocycles. The molecule has 0 aromatic carbocycles. The molecule has 8 heteroatoms. The molecule has 0 bridgehead atoms. The standard InChI is InChI=1S/C8H10N6O2/c1-5(8(15)16-2)10-6-3-9-4-7-11-12-13-14(6)7/h3-5,10H,1-2H3. The van der Waals surface area contributed by atoms with E-state index in [1.165, 1.54) is 24.0 Å². The van der Waals surface area contributed by atoms with Gasteiger partial charge in [0.25, 0.3) is 0 Å². The molecule has 1 N–H and O–H groups in total. The molecule has 0 aliphatic heterocycles. The van der Waals surface area contributed by atoms with Crippen molar-refractivity contribution < 1.29 is 9.53 Å². The number of nitrogens with zero attached hydrogens (tertiary/aromatic N) is 5. The lowest BCUT2D eigenvalue weighted by molar-refractivity contribution is -0.141. The molecule has 0 amide bonds. The number of tetrazole rings is 1. The first-order chi connectivity index (χ1) is 7.72. The quantitative estimate of drug-likeness (QED) is 0.699. The van der Waals surface area contributed by atoms with Crippen LogP contribution in [-0.2, 0) is 9.53 Å². The van der Waals surface area contributed by atoms with Crippen molar-refractivity contribution in [1.82, 2.24) is 25.0 Å². The second kappa shape index (κ2) is 4.09. The second-order valence-corrected chi connectivity index (χ2v) is 3.13. The number of esters is 1. The Hall–Kier alpha value is -2.25. The number of fused-ring (bicyclic) bond motifs is 1. The van der Waals surface area contributed by atoms with Crippen LogP contribution < -0.4 is 5.32 Å². The number of carbonyl (C=O) groups excluding carboxylic acids is 1. The Labute approximate surface area is 90.6 Å². The van der Waals surface area contributed by atoms with Crippen LogP contribution in [0.5, 0.6) is 0 Å². The van der Waals surface area contributed by atoms with Gasteiger partial charge in [-0.15, -0.1) is 5.10 Å². The van der Waals surface area contributed by atoms with Gasteiger partial charge in [0, 0.05) is 0 Å². The van der Waals surface area contributed by atoms with Crippen LogP contribution in [-0.4, -0.2) is 44.1 Å². The van der Waals surface area contributed by atoms with Gasteiger partial charge in [-0.1, -0.05) is 0 Å². The van der Waals surface area contributed by atoms with E-state index in [2.05, 4.69) is 30.6 Å². The van der Waals surface area contributed by atoms with Gasteiger partial charge in [-0.3, -0.25) is 4.98 Å². The maximum atomic E-state index is 11.2. The lowest BCUT2D eigenvalue weighted by atomic mass is 10.3.